The van der Waals surface area contributed by atoms with E-state index >= 15 is 0 Å². The van der Waals surface area contributed by atoms with Crippen LogP contribution in [0.5, 0.6) is 0 Å². The molecule has 0 aromatic rings. The van der Waals surface area contributed by atoms with Crippen LogP contribution >= 0.6 is 12.4 Å². The monoisotopic (exact) mass is 247 g/mol. The first-order valence-corrected chi connectivity index (χ1v) is 5.37. The second kappa shape index (κ2) is 4.69. The zero-order valence-corrected chi connectivity index (χ0v) is 11.9. The molecule has 1 saturated heterocycles. The Labute approximate surface area is 105 Å². The Bertz CT molecular complexity index is 256. The normalized spacial score (nSPS) is 23.6. The van der Waals surface area contributed by atoms with Crippen LogP contribution in [-0.2, 0) is 9.31 Å². The lowest BCUT2D eigenvalue weighted by Crippen LogP contribution is -2.41. The molecule has 0 unspecified atom stereocenters. The molecule has 94 valence electrons. The zero-order chi connectivity index (χ0) is 11.9. The molecule has 0 aromatic heterocycles. The van der Waals surface area contributed by atoms with Gasteiger partial charge in [0.15, 0.2) is 0 Å². The molecule has 0 aromatic carbocycles. The standard InChI is InChI=1S/C11H22BNO2.ClH/c1-9(2,13)7-8-12-14-10(3,4)11(5,6)15-12;/h7-8H,13H2,1-6H3;1H/b8-7+;. The van der Waals surface area contributed by atoms with Crippen LogP contribution in [0.25, 0.3) is 0 Å². The Morgan fingerprint density at radius 3 is 1.75 bits per heavy atom. The molecule has 1 rings (SSSR count). The van der Waals surface area contributed by atoms with Crippen LogP contribution in [0.3, 0.4) is 0 Å². The van der Waals surface area contributed by atoms with Crippen LogP contribution < -0.4 is 5.73 Å². The summed E-state index contributed by atoms with van der Waals surface area (Å²) >= 11 is 0. The summed E-state index contributed by atoms with van der Waals surface area (Å²) in [6, 6.07) is 0. The van der Waals surface area contributed by atoms with Crippen LogP contribution in [0.2, 0.25) is 0 Å². The number of nitrogens with two attached hydrogens (primary N) is 1. The molecule has 0 radical (unpaired) electrons. The highest BCUT2D eigenvalue weighted by Gasteiger charge is 2.50. The lowest BCUT2D eigenvalue weighted by molar-refractivity contribution is 0.00578. The van der Waals surface area contributed by atoms with Gasteiger partial charge in [0, 0.05) is 5.54 Å². The first kappa shape index (κ1) is 16.0. The van der Waals surface area contributed by atoms with Crippen molar-refractivity contribution in [1.82, 2.24) is 0 Å². The molecule has 16 heavy (non-hydrogen) atoms. The number of rotatable bonds is 2. The summed E-state index contributed by atoms with van der Waals surface area (Å²) in [6.45, 7) is 12.0. The molecule has 0 bridgehead atoms. The van der Waals surface area contributed by atoms with E-state index in [2.05, 4.69) is 0 Å². The summed E-state index contributed by atoms with van der Waals surface area (Å²) in [7, 11) is -0.294. The van der Waals surface area contributed by atoms with Gasteiger partial charge in [0.25, 0.3) is 0 Å². The van der Waals surface area contributed by atoms with Gasteiger partial charge in [-0.15, -0.1) is 12.4 Å². The van der Waals surface area contributed by atoms with Gasteiger partial charge in [-0.1, -0.05) is 12.1 Å². The van der Waals surface area contributed by atoms with E-state index in [1.54, 1.807) is 0 Å². The number of hydrogen-bond donors (Lipinski definition) is 1. The number of hydrogen-bond acceptors (Lipinski definition) is 3. The van der Waals surface area contributed by atoms with Crippen molar-refractivity contribution in [2.75, 3.05) is 0 Å². The minimum absolute atomic E-state index is 0. The molecule has 1 aliphatic heterocycles. The quantitative estimate of drug-likeness (QED) is 0.762. The van der Waals surface area contributed by atoms with Crippen molar-refractivity contribution in [3.05, 3.63) is 12.1 Å². The lowest BCUT2D eigenvalue weighted by atomic mass is 9.87. The first-order chi connectivity index (χ1) is 6.54. The molecule has 0 saturated carbocycles. The van der Waals surface area contributed by atoms with Crippen molar-refractivity contribution in [2.45, 2.75) is 58.3 Å². The van der Waals surface area contributed by atoms with Crippen LogP contribution in [-0.4, -0.2) is 23.9 Å². The van der Waals surface area contributed by atoms with Gasteiger partial charge in [-0.05, 0) is 41.5 Å². The van der Waals surface area contributed by atoms with Gasteiger partial charge < -0.3 is 15.0 Å². The van der Waals surface area contributed by atoms with Gasteiger partial charge in [0.1, 0.15) is 0 Å². The zero-order valence-electron chi connectivity index (χ0n) is 11.0. The molecule has 3 nitrogen and oxygen atoms in total. The highest BCUT2D eigenvalue weighted by Crippen LogP contribution is 2.36. The molecule has 1 aliphatic rings. The van der Waals surface area contributed by atoms with Gasteiger partial charge >= 0.3 is 7.12 Å². The highest BCUT2D eigenvalue weighted by molar-refractivity contribution is 6.51. The Hall–Kier alpha value is -0.0251. The van der Waals surface area contributed by atoms with E-state index in [9.17, 15) is 0 Å². The predicted molar refractivity (Wildman–Crippen MR) is 70.7 cm³/mol. The second-order valence-electron chi connectivity index (χ2n) is 5.81. The molecule has 2 N–H and O–H groups in total. The van der Waals surface area contributed by atoms with E-state index in [-0.39, 0.29) is 36.3 Å². The highest BCUT2D eigenvalue weighted by atomic mass is 35.5. The predicted octanol–water partition coefficient (Wildman–Crippen LogP) is 2.33. The summed E-state index contributed by atoms with van der Waals surface area (Å²) in [5.41, 5.74) is 4.97. The minimum Gasteiger partial charge on any atom is -0.400 e. The SMILES string of the molecule is CC(C)(N)/C=C/B1OC(C)(C)C(C)(C)O1.Cl. The molecular weight excluding hydrogens is 224 g/mol. The summed E-state index contributed by atoms with van der Waals surface area (Å²) in [5, 5.41) is 0. The van der Waals surface area contributed by atoms with E-state index in [0.29, 0.717) is 0 Å². The van der Waals surface area contributed by atoms with E-state index in [0.717, 1.165) is 0 Å². The fourth-order valence-corrected chi connectivity index (χ4v) is 1.29. The summed E-state index contributed by atoms with van der Waals surface area (Å²) in [5.74, 6) is 1.89. The van der Waals surface area contributed by atoms with Gasteiger partial charge in [0.05, 0.1) is 11.2 Å². The topological polar surface area (TPSA) is 44.5 Å². The van der Waals surface area contributed by atoms with Crippen molar-refractivity contribution in [3.63, 3.8) is 0 Å². The summed E-state index contributed by atoms with van der Waals surface area (Å²) in [4.78, 5) is 0. The fourth-order valence-electron chi connectivity index (χ4n) is 1.29. The molecule has 5 heteroatoms. The first-order valence-electron chi connectivity index (χ1n) is 5.37. The number of halogens is 1. The van der Waals surface area contributed by atoms with Crippen LogP contribution in [0.1, 0.15) is 41.5 Å². The van der Waals surface area contributed by atoms with Crippen LogP contribution in [0, 0.1) is 0 Å². The molecule has 0 spiro atoms. The Kier molecular flexibility index (Phi) is 4.68. The van der Waals surface area contributed by atoms with Crippen molar-refractivity contribution < 1.29 is 9.31 Å². The van der Waals surface area contributed by atoms with Crippen LogP contribution in [0.15, 0.2) is 12.1 Å². The molecule has 0 atom stereocenters. The molecule has 1 heterocycles. The van der Waals surface area contributed by atoms with Crippen molar-refractivity contribution in [3.8, 4) is 0 Å². The Morgan fingerprint density at radius 1 is 1.06 bits per heavy atom. The maximum absolute atomic E-state index is 5.85. The lowest BCUT2D eigenvalue weighted by Gasteiger charge is -2.32. The van der Waals surface area contributed by atoms with Crippen molar-refractivity contribution in [2.24, 2.45) is 5.73 Å². The second-order valence-corrected chi connectivity index (χ2v) is 5.81. The van der Waals surface area contributed by atoms with Gasteiger partial charge in [-0.25, -0.2) is 0 Å². The fraction of sp³-hybridized carbons (Fsp3) is 0.818. The Balaban J connectivity index is 0.00000225. The third kappa shape index (κ3) is 3.77. The van der Waals surface area contributed by atoms with Gasteiger partial charge in [-0.3, -0.25) is 0 Å². The van der Waals surface area contributed by atoms with Gasteiger partial charge in [0.2, 0.25) is 0 Å². The summed E-state index contributed by atoms with van der Waals surface area (Å²) < 4.78 is 11.6. The maximum atomic E-state index is 5.85. The average Bonchev–Trinajstić information content (AvgIpc) is 2.16. The maximum Gasteiger partial charge on any atom is 0.486 e. The third-order valence-electron chi connectivity index (χ3n) is 2.95. The minimum atomic E-state index is -0.330. The summed E-state index contributed by atoms with van der Waals surface area (Å²) in [6.07, 6.45) is 1.91. The largest absolute Gasteiger partial charge is 0.486 e. The third-order valence-corrected chi connectivity index (χ3v) is 2.95. The van der Waals surface area contributed by atoms with Crippen molar-refractivity contribution >= 4 is 19.5 Å². The van der Waals surface area contributed by atoms with E-state index in [1.165, 1.54) is 0 Å². The average molecular weight is 248 g/mol. The van der Waals surface area contributed by atoms with Crippen LogP contribution in [0.4, 0.5) is 0 Å². The molecule has 0 amide bonds. The van der Waals surface area contributed by atoms with Crippen molar-refractivity contribution in [1.29, 1.82) is 0 Å². The Morgan fingerprint density at radius 2 is 1.44 bits per heavy atom. The van der Waals surface area contributed by atoms with E-state index in [1.807, 2.05) is 53.6 Å². The van der Waals surface area contributed by atoms with E-state index in [4.69, 9.17) is 15.0 Å². The molecule has 0 aliphatic carbocycles. The molecular formula is C11H23BClNO2. The smallest absolute Gasteiger partial charge is 0.400 e. The molecule has 1 fully saturated rings. The van der Waals surface area contributed by atoms with E-state index < -0.39 is 0 Å². The van der Waals surface area contributed by atoms with Gasteiger partial charge in [-0.2, -0.15) is 0 Å².